The molecule has 7 nitrogen and oxygen atoms in total. The van der Waals surface area contributed by atoms with E-state index in [-0.39, 0.29) is 36.2 Å². The molecular weight excluding hydrogens is 497 g/mol. The molecule has 2 atom stereocenters. The number of aliphatic hydroxyl groups excluding tert-OH is 1. The molecule has 10 heteroatoms. The molecule has 38 heavy (non-hydrogen) atoms. The van der Waals surface area contributed by atoms with Gasteiger partial charge in [0, 0.05) is 24.7 Å². The number of hydrogen-bond donors (Lipinski definition) is 2. The number of fused-ring (bicyclic) bond motifs is 1. The number of nitrogens with one attached hydrogen (secondary N) is 1. The summed E-state index contributed by atoms with van der Waals surface area (Å²) < 4.78 is 39.5. The number of aromatic nitrogens is 1. The molecule has 3 aliphatic rings. The van der Waals surface area contributed by atoms with Crippen molar-refractivity contribution in [3.05, 3.63) is 52.8 Å². The van der Waals surface area contributed by atoms with Crippen LogP contribution in [0.1, 0.15) is 78.1 Å². The number of aliphatic hydroxyl groups is 1. The Kier molecular flexibility index (Phi) is 7.11. The molecule has 3 heterocycles. The lowest BCUT2D eigenvalue weighted by atomic mass is 9.86. The van der Waals surface area contributed by atoms with Crippen molar-refractivity contribution in [2.75, 3.05) is 23.4 Å². The molecule has 1 aromatic heterocycles. The van der Waals surface area contributed by atoms with Gasteiger partial charge in [-0.2, -0.15) is 13.2 Å². The van der Waals surface area contributed by atoms with E-state index in [1.165, 1.54) is 6.07 Å². The van der Waals surface area contributed by atoms with Crippen molar-refractivity contribution in [3.8, 4) is 0 Å². The van der Waals surface area contributed by atoms with Crippen LogP contribution < -0.4 is 10.2 Å². The second kappa shape index (κ2) is 10.2. The van der Waals surface area contributed by atoms with Crippen molar-refractivity contribution in [2.45, 2.75) is 70.8 Å². The number of nitrogens with zero attached hydrogens (tertiary/aromatic N) is 3. The number of anilines is 2. The van der Waals surface area contributed by atoms with Crippen molar-refractivity contribution < 1.29 is 27.9 Å². The van der Waals surface area contributed by atoms with E-state index in [0.717, 1.165) is 49.8 Å². The van der Waals surface area contributed by atoms with E-state index in [9.17, 15) is 27.9 Å². The Labute approximate surface area is 220 Å². The van der Waals surface area contributed by atoms with Gasteiger partial charge in [-0.15, -0.1) is 0 Å². The fourth-order valence-corrected chi connectivity index (χ4v) is 6.08. The average Bonchev–Trinajstić information content (AvgIpc) is 3.42. The van der Waals surface area contributed by atoms with Crippen molar-refractivity contribution >= 4 is 23.2 Å². The zero-order valence-electron chi connectivity index (χ0n) is 21.6. The molecule has 1 aromatic carbocycles. The summed E-state index contributed by atoms with van der Waals surface area (Å²) in [7, 11) is 0. The lowest BCUT2D eigenvalue weighted by molar-refractivity contribution is -0.141. The summed E-state index contributed by atoms with van der Waals surface area (Å²) in [6, 6.07) is 6.72. The molecule has 204 valence electrons. The van der Waals surface area contributed by atoms with E-state index in [4.69, 9.17) is 0 Å². The van der Waals surface area contributed by atoms with Crippen LogP contribution >= 0.6 is 0 Å². The van der Waals surface area contributed by atoms with Crippen LogP contribution in [0.5, 0.6) is 0 Å². The van der Waals surface area contributed by atoms with Gasteiger partial charge < -0.3 is 20.2 Å². The number of rotatable bonds is 5. The highest BCUT2D eigenvalue weighted by Gasteiger charge is 2.38. The topological polar surface area (TPSA) is 85.8 Å². The minimum atomic E-state index is -4.67. The van der Waals surface area contributed by atoms with Gasteiger partial charge in [0.05, 0.1) is 24.0 Å². The highest BCUT2D eigenvalue weighted by Crippen LogP contribution is 2.40. The van der Waals surface area contributed by atoms with Gasteiger partial charge in [-0.25, -0.2) is 4.98 Å². The number of carbonyl (C=O) groups excluding carboxylic acids is 2. The zero-order valence-corrected chi connectivity index (χ0v) is 21.6. The number of halogens is 3. The van der Waals surface area contributed by atoms with Gasteiger partial charge in [-0.3, -0.25) is 9.59 Å². The smallest absolute Gasteiger partial charge is 0.394 e. The fraction of sp³-hybridized carbons (Fsp3) is 0.536. The SMILES string of the molecule is CC1CCC(N2Cc3cc(NC(=O)c4cccc(C(F)(F)F)n4)c(N4C[C@H](C)C[C@H]4CO)cc3C2=O)CC1. The van der Waals surface area contributed by atoms with E-state index < -0.39 is 17.8 Å². The van der Waals surface area contributed by atoms with Gasteiger partial charge in [0.15, 0.2) is 0 Å². The van der Waals surface area contributed by atoms with Crippen LogP contribution in [0.2, 0.25) is 0 Å². The van der Waals surface area contributed by atoms with E-state index in [0.29, 0.717) is 35.9 Å². The number of pyridine rings is 1. The molecule has 5 rings (SSSR count). The maximum atomic E-state index is 13.5. The predicted octanol–water partition coefficient (Wildman–Crippen LogP) is 5.09. The number of amides is 2. The van der Waals surface area contributed by atoms with Crippen LogP contribution in [0.15, 0.2) is 30.3 Å². The molecule has 1 aliphatic carbocycles. The summed E-state index contributed by atoms with van der Waals surface area (Å²) in [5, 5.41) is 12.8. The lowest BCUT2D eigenvalue weighted by Crippen LogP contribution is -2.38. The average molecular weight is 531 g/mol. The summed E-state index contributed by atoms with van der Waals surface area (Å²) in [6.45, 7) is 5.25. The molecule has 0 bridgehead atoms. The standard InChI is InChI=1S/C28H33F3N4O3/c1-16-6-8-19(9-7-16)35-14-18-11-23(33-26(37)22-4-3-5-25(32-22)28(29,30)31)24(12-21(18)27(35)38)34-13-17(2)10-20(34)15-36/h3-5,11-12,16-17,19-20,36H,6-10,13-15H2,1-2H3,(H,33,37)/t16?,17-,19?,20+/m1/s1. The molecule has 0 radical (unpaired) electrons. The quantitative estimate of drug-likeness (QED) is 0.562. The highest BCUT2D eigenvalue weighted by atomic mass is 19.4. The molecule has 2 aromatic rings. The van der Waals surface area contributed by atoms with Gasteiger partial charge in [-0.1, -0.05) is 19.9 Å². The van der Waals surface area contributed by atoms with Crippen LogP contribution in [-0.4, -0.2) is 52.0 Å². The van der Waals surface area contributed by atoms with Crippen molar-refractivity contribution in [3.63, 3.8) is 0 Å². The molecule has 2 N–H and O–H groups in total. The molecule has 1 saturated heterocycles. The maximum absolute atomic E-state index is 13.5. The van der Waals surface area contributed by atoms with Crippen LogP contribution in [0.3, 0.4) is 0 Å². The Bertz CT molecular complexity index is 1230. The van der Waals surface area contributed by atoms with Gasteiger partial charge in [-0.05, 0) is 73.8 Å². The number of alkyl halides is 3. The lowest BCUT2D eigenvalue weighted by Gasteiger charge is -2.33. The third kappa shape index (κ3) is 5.10. The summed E-state index contributed by atoms with van der Waals surface area (Å²) >= 11 is 0. The van der Waals surface area contributed by atoms with Crippen molar-refractivity contribution in [1.82, 2.24) is 9.88 Å². The molecule has 0 unspecified atom stereocenters. The van der Waals surface area contributed by atoms with Crippen LogP contribution in [-0.2, 0) is 12.7 Å². The van der Waals surface area contributed by atoms with Crippen LogP contribution in [0.25, 0.3) is 0 Å². The minimum absolute atomic E-state index is 0.0361. The Morgan fingerprint density at radius 3 is 2.53 bits per heavy atom. The van der Waals surface area contributed by atoms with Gasteiger partial charge in [0.1, 0.15) is 11.4 Å². The third-order valence-electron chi connectivity index (χ3n) is 8.14. The van der Waals surface area contributed by atoms with Gasteiger partial charge >= 0.3 is 6.18 Å². The Morgan fingerprint density at radius 1 is 1.11 bits per heavy atom. The number of carbonyl (C=O) groups is 2. The summed E-state index contributed by atoms with van der Waals surface area (Å²) in [6.07, 6.45) is 0.131. The monoisotopic (exact) mass is 530 g/mol. The molecule has 2 fully saturated rings. The molecule has 0 spiro atoms. The molecule has 2 aliphatic heterocycles. The first-order chi connectivity index (χ1) is 18.0. The number of hydrogen-bond acceptors (Lipinski definition) is 5. The second-order valence-electron chi connectivity index (χ2n) is 11.1. The van der Waals surface area contributed by atoms with E-state index in [2.05, 4.69) is 24.1 Å². The second-order valence-corrected chi connectivity index (χ2v) is 11.1. The largest absolute Gasteiger partial charge is 0.433 e. The third-order valence-corrected chi connectivity index (χ3v) is 8.14. The number of benzene rings is 1. The molecule has 1 saturated carbocycles. The highest BCUT2D eigenvalue weighted by molar-refractivity contribution is 6.07. The Morgan fingerprint density at radius 2 is 1.84 bits per heavy atom. The fourth-order valence-electron chi connectivity index (χ4n) is 6.08. The zero-order chi connectivity index (χ0) is 27.2. The first kappa shape index (κ1) is 26.5. The summed E-state index contributed by atoms with van der Waals surface area (Å²) in [4.78, 5) is 34.0. The molecule has 2 amide bonds. The van der Waals surface area contributed by atoms with Crippen molar-refractivity contribution in [2.24, 2.45) is 11.8 Å². The Balaban J connectivity index is 1.49. The summed E-state index contributed by atoms with van der Waals surface area (Å²) in [5.41, 5.74) is 0.833. The maximum Gasteiger partial charge on any atom is 0.433 e. The normalized spacial score (nSPS) is 25.6. The Hall–Kier alpha value is -3.14. The predicted molar refractivity (Wildman–Crippen MR) is 137 cm³/mol. The first-order valence-corrected chi connectivity index (χ1v) is 13.3. The molecular formula is C28H33F3N4O3. The van der Waals surface area contributed by atoms with Crippen LogP contribution in [0.4, 0.5) is 24.5 Å². The first-order valence-electron chi connectivity index (χ1n) is 13.3. The van der Waals surface area contributed by atoms with Gasteiger partial charge in [0.25, 0.3) is 11.8 Å². The van der Waals surface area contributed by atoms with Crippen LogP contribution in [0, 0.1) is 11.8 Å². The van der Waals surface area contributed by atoms with E-state index in [1.54, 1.807) is 12.1 Å². The van der Waals surface area contributed by atoms with E-state index >= 15 is 0 Å². The van der Waals surface area contributed by atoms with Gasteiger partial charge in [0.2, 0.25) is 0 Å². The minimum Gasteiger partial charge on any atom is -0.394 e. The van der Waals surface area contributed by atoms with Crippen molar-refractivity contribution in [1.29, 1.82) is 0 Å². The van der Waals surface area contributed by atoms with E-state index in [1.807, 2.05) is 9.80 Å². The summed E-state index contributed by atoms with van der Waals surface area (Å²) in [5.74, 6) is 0.126.